The quantitative estimate of drug-likeness (QED) is 0.490. The van der Waals surface area contributed by atoms with Crippen molar-refractivity contribution in [3.05, 3.63) is 77.4 Å². The van der Waals surface area contributed by atoms with Crippen LogP contribution in [0.2, 0.25) is 0 Å². The molecule has 34 heavy (non-hydrogen) atoms. The Morgan fingerprint density at radius 3 is 2.32 bits per heavy atom. The molecule has 0 spiro atoms. The van der Waals surface area contributed by atoms with E-state index in [9.17, 15) is 4.79 Å². The van der Waals surface area contributed by atoms with Gasteiger partial charge in [-0.1, -0.05) is 24.3 Å². The van der Waals surface area contributed by atoms with E-state index in [1.54, 1.807) is 26.5 Å². The SMILES string of the molecule is COc1cc(OC)cc(C(NC(=O)NCc2cccc(COC(C)(C)C)c2)c2nccn2C)c1. The molecule has 2 N–H and O–H groups in total. The molecule has 0 aliphatic rings. The summed E-state index contributed by atoms with van der Waals surface area (Å²) in [6.45, 7) is 6.97. The molecule has 8 nitrogen and oxygen atoms in total. The van der Waals surface area contributed by atoms with Crippen LogP contribution in [0.25, 0.3) is 0 Å². The fraction of sp³-hybridized carbons (Fsp3) is 0.385. The average molecular weight is 467 g/mol. The largest absolute Gasteiger partial charge is 0.497 e. The second-order valence-electron chi connectivity index (χ2n) is 9.02. The summed E-state index contributed by atoms with van der Waals surface area (Å²) in [5, 5.41) is 5.99. The number of benzene rings is 2. The number of aromatic nitrogens is 2. The summed E-state index contributed by atoms with van der Waals surface area (Å²) in [4.78, 5) is 17.4. The van der Waals surface area contributed by atoms with E-state index >= 15 is 0 Å². The van der Waals surface area contributed by atoms with Crippen LogP contribution >= 0.6 is 0 Å². The van der Waals surface area contributed by atoms with Crippen molar-refractivity contribution in [2.24, 2.45) is 7.05 Å². The van der Waals surface area contributed by atoms with Crippen LogP contribution in [0.1, 0.15) is 49.3 Å². The van der Waals surface area contributed by atoms with E-state index in [0.717, 1.165) is 16.7 Å². The summed E-state index contributed by atoms with van der Waals surface area (Å²) in [6, 6.07) is 12.7. The molecule has 3 aromatic rings. The van der Waals surface area contributed by atoms with Crippen molar-refractivity contribution >= 4 is 6.03 Å². The third-order valence-corrected chi connectivity index (χ3v) is 5.22. The molecule has 3 rings (SSSR count). The Morgan fingerprint density at radius 1 is 1.06 bits per heavy atom. The molecule has 1 unspecified atom stereocenters. The molecule has 0 radical (unpaired) electrons. The van der Waals surface area contributed by atoms with Crippen LogP contribution < -0.4 is 20.1 Å². The molecular weight excluding hydrogens is 432 g/mol. The lowest BCUT2D eigenvalue weighted by Gasteiger charge is -2.21. The van der Waals surface area contributed by atoms with Gasteiger partial charge in [-0.05, 0) is 49.6 Å². The molecule has 8 heteroatoms. The predicted molar refractivity (Wildman–Crippen MR) is 131 cm³/mol. The number of nitrogens with one attached hydrogen (secondary N) is 2. The van der Waals surface area contributed by atoms with E-state index in [4.69, 9.17) is 14.2 Å². The summed E-state index contributed by atoms with van der Waals surface area (Å²) >= 11 is 0. The van der Waals surface area contributed by atoms with Gasteiger partial charge in [0.2, 0.25) is 0 Å². The molecule has 2 amide bonds. The first-order chi connectivity index (χ1) is 16.2. The maximum atomic E-state index is 12.9. The van der Waals surface area contributed by atoms with Crippen LogP contribution in [-0.2, 0) is 24.9 Å². The van der Waals surface area contributed by atoms with Crippen LogP contribution in [0.3, 0.4) is 0 Å². The van der Waals surface area contributed by atoms with Crippen LogP contribution in [0.15, 0.2) is 54.9 Å². The van der Waals surface area contributed by atoms with E-state index in [1.165, 1.54) is 0 Å². The molecule has 0 saturated carbocycles. The zero-order valence-corrected chi connectivity index (χ0v) is 20.7. The van der Waals surface area contributed by atoms with Gasteiger partial charge in [0.15, 0.2) is 0 Å². The van der Waals surface area contributed by atoms with Crippen molar-refractivity contribution in [3.63, 3.8) is 0 Å². The number of hydrogen-bond donors (Lipinski definition) is 2. The lowest BCUT2D eigenvalue weighted by molar-refractivity contribution is -0.0149. The highest BCUT2D eigenvalue weighted by molar-refractivity contribution is 5.75. The number of aryl methyl sites for hydroxylation is 1. The maximum Gasteiger partial charge on any atom is 0.315 e. The molecule has 1 atom stereocenters. The third kappa shape index (κ3) is 6.99. The number of rotatable bonds is 9. The van der Waals surface area contributed by atoms with Gasteiger partial charge in [-0.15, -0.1) is 0 Å². The number of imidazole rings is 1. The maximum absolute atomic E-state index is 12.9. The second-order valence-corrected chi connectivity index (χ2v) is 9.02. The molecule has 182 valence electrons. The number of carbonyl (C=O) groups is 1. The zero-order chi connectivity index (χ0) is 24.7. The summed E-state index contributed by atoms with van der Waals surface area (Å²) in [6.07, 6.45) is 3.54. The molecule has 0 aliphatic carbocycles. The minimum atomic E-state index is -0.504. The van der Waals surface area contributed by atoms with Crippen molar-refractivity contribution in [2.45, 2.75) is 45.6 Å². The minimum Gasteiger partial charge on any atom is -0.497 e. The van der Waals surface area contributed by atoms with Gasteiger partial charge >= 0.3 is 6.03 Å². The van der Waals surface area contributed by atoms with Gasteiger partial charge < -0.3 is 29.4 Å². The second kappa shape index (κ2) is 11.1. The average Bonchev–Trinajstić information content (AvgIpc) is 3.24. The van der Waals surface area contributed by atoms with Crippen LogP contribution in [0.5, 0.6) is 11.5 Å². The highest BCUT2D eigenvalue weighted by Gasteiger charge is 2.22. The highest BCUT2D eigenvalue weighted by atomic mass is 16.5. The lowest BCUT2D eigenvalue weighted by atomic mass is 10.1. The molecule has 2 aromatic carbocycles. The topological polar surface area (TPSA) is 86.6 Å². The van der Waals surface area contributed by atoms with Gasteiger partial charge in [-0.2, -0.15) is 0 Å². The van der Waals surface area contributed by atoms with Gasteiger partial charge in [-0.25, -0.2) is 9.78 Å². The Bertz CT molecular complexity index is 1080. The van der Waals surface area contributed by atoms with E-state index in [0.29, 0.717) is 30.5 Å². The molecule has 1 aromatic heterocycles. The molecular formula is C26H34N4O4. The number of urea groups is 1. The minimum absolute atomic E-state index is 0.211. The molecule has 0 fully saturated rings. The Balaban J connectivity index is 1.73. The van der Waals surface area contributed by atoms with E-state index < -0.39 is 6.04 Å². The van der Waals surface area contributed by atoms with Gasteiger partial charge in [0.25, 0.3) is 0 Å². The number of ether oxygens (including phenoxy) is 3. The molecule has 1 heterocycles. The Hall–Kier alpha value is -3.52. The van der Waals surface area contributed by atoms with Gasteiger partial charge in [-0.3, -0.25) is 0 Å². The Labute approximate surface area is 201 Å². The van der Waals surface area contributed by atoms with Gasteiger partial charge in [0.05, 0.1) is 26.4 Å². The first-order valence-corrected chi connectivity index (χ1v) is 11.1. The molecule has 0 aliphatic heterocycles. The number of carbonyl (C=O) groups excluding carboxylic acids is 1. The lowest BCUT2D eigenvalue weighted by Crippen LogP contribution is -2.39. The first-order valence-electron chi connectivity index (χ1n) is 11.1. The van der Waals surface area contributed by atoms with E-state index in [-0.39, 0.29) is 11.6 Å². The third-order valence-electron chi connectivity index (χ3n) is 5.22. The highest BCUT2D eigenvalue weighted by Crippen LogP contribution is 2.29. The molecule has 0 bridgehead atoms. The van der Waals surface area contributed by atoms with Crippen molar-refractivity contribution in [1.82, 2.24) is 20.2 Å². The zero-order valence-electron chi connectivity index (χ0n) is 20.7. The summed E-state index contributed by atoms with van der Waals surface area (Å²) in [5.74, 6) is 1.95. The number of nitrogens with zero attached hydrogens (tertiary/aromatic N) is 2. The molecule has 0 saturated heterocycles. The Morgan fingerprint density at radius 2 is 1.74 bits per heavy atom. The normalized spacial score (nSPS) is 12.2. The monoisotopic (exact) mass is 466 g/mol. The Kier molecular flexibility index (Phi) is 8.17. The summed E-state index contributed by atoms with van der Waals surface area (Å²) in [7, 11) is 5.07. The smallest absolute Gasteiger partial charge is 0.315 e. The standard InChI is InChI=1S/C26H34N4O4/c1-26(2,3)34-17-19-9-7-8-18(12-19)16-28-25(31)29-23(24-27-10-11-30(24)4)20-13-21(32-5)15-22(14-20)33-6/h7-15,23H,16-17H2,1-6H3,(H2,28,29,31). The van der Waals surface area contributed by atoms with Crippen molar-refractivity contribution in [1.29, 1.82) is 0 Å². The number of methoxy groups -OCH3 is 2. The number of hydrogen-bond acceptors (Lipinski definition) is 5. The van der Waals surface area contributed by atoms with Crippen molar-refractivity contribution in [3.8, 4) is 11.5 Å². The van der Waals surface area contributed by atoms with Gasteiger partial charge in [0, 0.05) is 32.1 Å². The van der Waals surface area contributed by atoms with Crippen molar-refractivity contribution in [2.75, 3.05) is 14.2 Å². The summed E-state index contributed by atoms with van der Waals surface area (Å²) < 4.78 is 18.6. The van der Waals surface area contributed by atoms with Crippen LogP contribution in [-0.4, -0.2) is 35.4 Å². The number of amides is 2. The van der Waals surface area contributed by atoms with Gasteiger partial charge in [0.1, 0.15) is 23.4 Å². The van der Waals surface area contributed by atoms with Crippen molar-refractivity contribution < 1.29 is 19.0 Å². The van der Waals surface area contributed by atoms with Crippen LogP contribution in [0, 0.1) is 0 Å². The predicted octanol–water partition coefficient (Wildman–Crippen LogP) is 4.34. The fourth-order valence-corrected chi connectivity index (χ4v) is 3.44. The van der Waals surface area contributed by atoms with E-state index in [1.807, 2.05) is 75.0 Å². The first kappa shape index (κ1) is 25.1. The van der Waals surface area contributed by atoms with Crippen LogP contribution in [0.4, 0.5) is 4.79 Å². The van der Waals surface area contributed by atoms with E-state index in [2.05, 4.69) is 15.6 Å². The summed E-state index contributed by atoms with van der Waals surface area (Å²) in [5.41, 5.74) is 2.63. The fourth-order valence-electron chi connectivity index (χ4n) is 3.44.